The summed E-state index contributed by atoms with van der Waals surface area (Å²) in [7, 11) is 0. The molecule has 0 bridgehead atoms. The molecular weight excluding hydrogens is 569 g/mol. The molecule has 0 saturated carbocycles. The summed E-state index contributed by atoms with van der Waals surface area (Å²) in [6.07, 6.45) is 0.327. The van der Waals surface area contributed by atoms with E-state index in [9.17, 15) is 4.79 Å². The number of halogens is 2. The highest BCUT2D eigenvalue weighted by Gasteiger charge is 2.15. The van der Waals surface area contributed by atoms with Crippen LogP contribution in [0.5, 0.6) is 0 Å². The van der Waals surface area contributed by atoms with Crippen LogP contribution in [0.4, 0.5) is 11.4 Å². The highest BCUT2D eigenvalue weighted by molar-refractivity contribution is 14.1. The Morgan fingerprint density at radius 3 is 2.45 bits per heavy atom. The molecule has 0 atom stereocenters. The van der Waals surface area contributed by atoms with Gasteiger partial charge < -0.3 is 10.6 Å². The monoisotopic (exact) mass is 589 g/mol. The first-order chi connectivity index (χ1) is 16.1. The van der Waals surface area contributed by atoms with Crippen molar-refractivity contribution in [2.75, 3.05) is 16.4 Å². The second-order valence-corrected chi connectivity index (χ2v) is 9.77. The minimum Gasteiger partial charge on any atom is -0.378 e. The second kappa shape index (κ2) is 11.5. The van der Waals surface area contributed by atoms with Crippen molar-refractivity contribution in [1.29, 1.82) is 0 Å². The van der Waals surface area contributed by atoms with Gasteiger partial charge in [-0.25, -0.2) is 0 Å². The fourth-order valence-electron chi connectivity index (χ4n) is 3.10. The number of para-hydroxylation sites is 2. The van der Waals surface area contributed by atoms with Gasteiger partial charge in [-0.3, -0.25) is 9.36 Å². The van der Waals surface area contributed by atoms with Crippen LogP contribution in [0.1, 0.15) is 12.2 Å². The van der Waals surface area contributed by atoms with Crippen LogP contribution in [0.2, 0.25) is 5.02 Å². The molecule has 0 radical (unpaired) electrons. The van der Waals surface area contributed by atoms with Gasteiger partial charge in [0.25, 0.3) is 0 Å². The molecule has 1 aromatic heterocycles. The standard InChI is InChI=1S/C24H21ClIN5OS/c25-20-8-4-5-9-21(20)28-23(32)14-15-33-24-30-29-22(31(24)19-6-2-1-3-7-19)16-27-18-12-10-17(26)11-13-18/h1-13,27H,14-16H2,(H,28,32). The SMILES string of the molecule is O=C(CCSc1nnc(CNc2ccc(I)cc2)n1-c1ccccc1)Nc1ccccc1Cl. The average molecular weight is 590 g/mol. The van der Waals surface area contributed by atoms with E-state index in [1.165, 1.54) is 15.3 Å². The van der Waals surface area contributed by atoms with E-state index in [1.807, 2.05) is 59.2 Å². The lowest BCUT2D eigenvalue weighted by molar-refractivity contribution is -0.115. The van der Waals surface area contributed by atoms with Gasteiger partial charge in [0.1, 0.15) is 0 Å². The van der Waals surface area contributed by atoms with Crippen molar-refractivity contribution in [3.8, 4) is 5.69 Å². The third-order valence-electron chi connectivity index (χ3n) is 4.72. The van der Waals surface area contributed by atoms with Crippen molar-refractivity contribution in [2.24, 2.45) is 0 Å². The van der Waals surface area contributed by atoms with Crippen LogP contribution in [0.3, 0.4) is 0 Å². The van der Waals surface area contributed by atoms with Crippen LogP contribution < -0.4 is 10.6 Å². The number of rotatable bonds is 9. The number of thioether (sulfide) groups is 1. The van der Waals surface area contributed by atoms with Gasteiger partial charge in [0.05, 0.1) is 17.3 Å². The third kappa shape index (κ3) is 6.49. The third-order valence-corrected chi connectivity index (χ3v) is 6.70. The molecule has 33 heavy (non-hydrogen) atoms. The van der Waals surface area contributed by atoms with E-state index in [0.717, 1.165) is 22.4 Å². The Hall–Kier alpha value is -2.56. The zero-order valence-corrected chi connectivity index (χ0v) is 21.3. The first-order valence-corrected chi connectivity index (χ1v) is 12.7. The number of hydrogen-bond donors (Lipinski definition) is 2. The lowest BCUT2D eigenvalue weighted by Gasteiger charge is -2.11. The quantitative estimate of drug-likeness (QED) is 0.178. The van der Waals surface area contributed by atoms with Crippen molar-refractivity contribution in [3.05, 3.63) is 93.3 Å². The van der Waals surface area contributed by atoms with Gasteiger partial charge in [0.2, 0.25) is 5.91 Å². The molecule has 4 rings (SSSR count). The van der Waals surface area contributed by atoms with Crippen molar-refractivity contribution >= 4 is 63.2 Å². The second-order valence-electron chi connectivity index (χ2n) is 7.06. The van der Waals surface area contributed by atoms with Crippen LogP contribution in [0.25, 0.3) is 5.69 Å². The van der Waals surface area contributed by atoms with Crippen LogP contribution in [0, 0.1) is 3.57 Å². The molecule has 1 amide bonds. The Morgan fingerprint density at radius 2 is 1.70 bits per heavy atom. The smallest absolute Gasteiger partial charge is 0.225 e. The molecule has 0 aliphatic rings. The zero-order valence-electron chi connectivity index (χ0n) is 17.5. The summed E-state index contributed by atoms with van der Waals surface area (Å²) in [5, 5.41) is 16.3. The Bertz CT molecular complexity index is 1220. The molecule has 0 spiro atoms. The number of nitrogens with zero attached hydrogens (tertiary/aromatic N) is 3. The van der Waals surface area contributed by atoms with E-state index in [4.69, 9.17) is 11.6 Å². The van der Waals surface area contributed by atoms with E-state index in [0.29, 0.717) is 29.4 Å². The minimum atomic E-state index is -0.0954. The van der Waals surface area contributed by atoms with Gasteiger partial charge in [0.15, 0.2) is 11.0 Å². The molecule has 0 aliphatic heterocycles. The molecule has 4 aromatic rings. The summed E-state index contributed by atoms with van der Waals surface area (Å²) in [6.45, 7) is 0.524. The predicted octanol–water partition coefficient (Wildman–Crippen LogP) is 6.26. The maximum absolute atomic E-state index is 12.4. The Balaban J connectivity index is 1.43. The van der Waals surface area contributed by atoms with Crippen molar-refractivity contribution in [3.63, 3.8) is 0 Å². The van der Waals surface area contributed by atoms with Gasteiger partial charge in [-0.1, -0.05) is 53.7 Å². The Morgan fingerprint density at radius 1 is 0.970 bits per heavy atom. The molecule has 0 fully saturated rings. The molecule has 2 N–H and O–H groups in total. The van der Waals surface area contributed by atoms with E-state index in [2.05, 4.69) is 55.6 Å². The summed E-state index contributed by atoms with van der Waals surface area (Å²) < 4.78 is 3.21. The van der Waals surface area contributed by atoms with Crippen LogP contribution in [-0.4, -0.2) is 26.4 Å². The fourth-order valence-corrected chi connectivity index (χ4v) is 4.55. The number of carbonyl (C=O) groups is 1. The maximum Gasteiger partial charge on any atom is 0.225 e. The largest absolute Gasteiger partial charge is 0.378 e. The van der Waals surface area contributed by atoms with Crippen molar-refractivity contribution < 1.29 is 4.79 Å². The molecule has 0 aliphatic carbocycles. The maximum atomic E-state index is 12.4. The zero-order chi connectivity index (χ0) is 23.0. The summed E-state index contributed by atoms with van der Waals surface area (Å²) >= 11 is 9.91. The average Bonchev–Trinajstić information content (AvgIpc) is 3.23. The van der Waals surface area contributed by atoms with Gasteiger partial charge in [-0.05, 0) is 71.1 Å². The van der Waals surface area contributed by atoms with Gasteiger partial charge in [-0.2, -0.15) is 0 Å². The van der Waals surface area contributed by atoms with Crippen molar-refractivity contribution in [2.45, 2.75) is 18.1 Å². The Labute approximate surface area is 215 Å². The van der Waals surface area contributed by atoms with E-state index >= 15 is 0 Å². The first kappa shape index (κ1) is 23.6. The number of anilines is 2. The molecule has 0 saturated heterocycles. The number of hydrogen-bond acceptors (Lipinski definition) is 5. The van der Waals surface area contributed by atoms with E-state index < -0.39 is 0 Å². The lowest BCUT2D eigenvalue weighted by atomic mass is 10.3. The van der Waals surface area contributed by atoms with Crippen LogP contribution in [-0.2, 0) is 11.3 Å². The fraction of sp³-hybridized carbons (Fsp3) is 0.125. The molecule has 3 aromatic carbocycles. The van der Waals surface area contributed by atoms with E-state index in [1.54, 1.807) is 12.1 Å². The number of aromatic nitrogens is 3. The van der Waals surface area contributed by atoms with Gasteiger partial charge in [0, 0.05) is 27.1 Å². The summed E-state index contributed by atoms with van der Waals surface area (Å²) in [6, 6.07) is 25.4. The number of nitrogens with one attached hydrogen (secondary N) is 2. The molecule has 9 heteroatoms. The summed E-state index contributed by atoms with van der Waals surface area (Å²) in [5.74, 6) is 1.26. The van der Waals surface area contributed by atoms with Crippen LogP contribution in [0.15, 0.2) is 84.0 Å². The molecule has 1 heterocycles. The lowest BCUT2D eigenvalue weighted by Crippen LogP contribution is -2.13. The number of amides is 1. The first-order valence-electron chi connectivity index (χ1n) is 10.3. The number of carbonyl (C=O) groups excluding carboxylic acids is 1. The highest BCUT2D eigenvalue weighted by Crippen LogP contribution is 2.24. The molecule has 0 unspecified atom stereocenters. The van der Waals surface area contributed by atoms with Gasteiger partial charge in [-0.15, -0.1) is 10.2 Å². The Kier molecular flexibility index (Phi) is 8.25. The van der Waals surface area contributed by atoms with Crippen LogP contribution >= 0.6 is 46.0 Å². The number of benzene rings is 3. The molecular formula is C24H21ClIN5OS. The van der Waals surface area contributed by atoms with E-state index in [-0.39, 0.29) is 5.91 Å². The topological polar surface area (TPSA) is 71.8 Å². The van der Waals surface area contributed by atoms with Crippen molar-refractivity contribution in [1.82, 2.24) is 14.8 Å². The minimum absolute atomic E-state index is 0.0954. The highest BCUT2D eigenvalue weighted by atomic mass is 127. The predicted molar refractivity (Wildman–Crippen MR) is 143 cm³/mol. The summed E-state index contributed by atoms with van der Waals surface area (Å²) in [5.41, 5.74) is 2.61. The summed E-state index contributed by atoms with van der Waals surface area (Å²) in [4.78, 5) is 12.4. The normalized spacial score (nSPS) is 10.7. The molecule has 6 nitrogen and oxygen atoms in total. The molecule has 168 valence electrons. The van der Waals surface area contributed by atoms with Gasteiger partial charge >= 0.3 is 0 Å².